The number of hydrogen-bond acceptors (Lipinski definition) is 8. The minimum atomic E-state index is -0.302. The van der Waals surface area contributed by atoms with Crippen molar-refractivity contribution in [1.29, 1.82) is 0 Å². The summed E-state index contributed by atoms with van der Waals surface area (Å²) in [6.45, 7) is 18.3. The molecule has 3 fully saturated rings. The first kappa shape index (κ1) is 28.8. The molecule has 0 aliphatic carbocycles. The summed E-state index contributed by atoms with van der Waals surface area (Å²) in [5.74, 6) is 4.44. The van der Waals surface area contributed by atoms with Crippen LogP contribution in [0.5, 0.6) is 0 Å². The summed E-state index contributed by atoms with van der Waals surface area (Å²) in [4.78, 5) is 44.9. The first-order chi connectivity index (χ1) is 18.5. The maximum Gasteiger partial charge on any atom is 0.245 e. The number of pyridine rings is 1. The van der Waals surface area contributed by atoms with Crippen LogP contribution in [-0.2, 0) is 9.59 Å². The maximum absolute atomic E-state index is 13.6. The Hall–Kier alpha value is -2.20. The molecule has 0 aromatic carbocycles. The number of piperazine rings is 1. The van der Waals surface area contributed by atoms with Crippen molar-refractivity contribution in [3.63, 3.8) is 0 Å². The summed E-state index contributed by atoms with van der Waals surface area (Å²) in [6.07, 6.45) is 1.69. The Balaban J connectivity index is 1.42. The van der Waals surface area contributed by atoms with E-state index in [-0.39, 0.29) is 17.9 Å². The van der Waals surface area contributed by atoms with Crippen LogP contribution in [0.1, 0.15) is 40.5 Å². The molecular weight excluding hydrogens is 498 g/mol. The Bertz CT molecular complexity index is 926. The fourth-order valence-electron chi connectivity index (χ4n) is 5.91. The zero-order valence-corrected chi connectivity index (χ0v) is 24.7. The molecule has 0 radical (unpaired) electrons. The standard InChI is InChI=1S/C28H47N7O2S/c1-5-31(6-2)23-11-12-25(32(7-3)8-4)29-27(23)33-14-16-34(17-15-33)28(37)24-10-9-13-35(24)26(36)22-30-18-20-38-21-19-30/h11-12,24H,5-10,13-22H2,1-4H3. The normalized spacial score (nSPS) is 20.6. The molecule has 3 aliphatic heterocycles. The van der Waals surface area contributed by atoms with Crippen LogP contribution in [0.3, 0.4) is 0 Å². The van der Waals surface area contributed by atoms with Gasteiger partial charge >= 0.3 is 0 Å². The van der Waals surface area contributed by atoms with Crippen LogP contribution in [-0.4, -0.2) is 128 Å². The first-order valence-corrected chi connectivity index (χ1v) is 15.8. The minimum Gasteiger partial charge on any atom is -0.369 e. The number of thioether (sulfide) groups is 1. The third-order valence-corrected chi connectivity index (χ3v) is 9.19. The Morgan fingerprint density at radius 2 is 1.55 bits per heavy atom. The van der Waals surface area contributed by atoms with E-state index in [1.165, 1.54) is 0 Å². The zero-order valence-electron chi connectivity index (χ0n) is 23.9. The Morgan fingerprint density at radius 3 is 2.18 bits per heavy atom. The number of nitrogens with zero attached hydrogens (tertiary/aromatic N) is 7. The van der Waals surface area contributed by atoms with E-state index in [0.29, 0.717) is 26.2 Å². The van der Waals surface area contributed by atoms with Gasteiger partial charge in [-0.1, -0.05) is 0 Å². The molecule has 0 bridgehead atoms. The van der Waals surface area contributed by atoms with Crippen LogP contribution in [0.25, 0.3) is 0 Å². The SMILES string of the molecule is CCN(CC)c1ccc(N(CC)CC)c(N2CCN(C(=O)C3CCCN3C(=O)CN3CCSCC3)CC2)n1. The summed E-state index contributed by atoms with van der Waals surface area (Å²) in [6, 6.07) is 4.05. The molecule has 4 rings (SSSR count). The van der Waals surface area contributed by atoms with Gasteiger partial charge in [0.15, 0.2) is 5.82 Å². The van der Waals surface area contributed by atoms with E-state index < -0.39 is 0 Å². The van der Waals surface area contributed by atoms with E-state index >= 15 is 0 Å². The third kappa shape index (κ3) is 6.50. The predicted molar refractivity (Wildman–Crippen MR) is 159 cm³/mol. The van der Waals surface area contributed by atoms with Crippen molar-refractivity contribution in [2.75, 3.05) is 105 Å². The number of aromatic nitrogens is 1. The van der Waals surface area contributed by atoms with Crippen molar-refractivity contribution in [2.45, 2.75) is 46.6 Å². The molecule has 2 amide bonds. The number of amides is 2. The van der Waals surface area contributed by atoms with E-state index in [0.717, 1.165) is 94.0 Å². The van der Waals surface area contributed by atoms with Gasteiger partial charge in [0.1, 0.15) is 11.9 Å². The third-order valence-electron chi connectivity index (χ3n) is 8.24. The zero-order chi connectivity index (χ0) is 27.1. The second-order valence-corrected chi connectivity index (χ2v) is 11.5. The van der Waals surface area contributed by atoms with Crippen molar-refractivity contribution >= 4 is 40.9 Å². The lowest BCUT2D eigenvalue weighted by Crippen LogP contribution is -2.55. The molecule has 1 aromatic heterocycles. The van der Waals surface area contributed by atoms with Crippen LogP contribution in [0, 0.1) is 0 Å². The van der Waals surface area contributed by atoms with E-state index in [9.17, 15) is 9.59 Å². The molecule has 3 aliphatic rings. The quantitative estimate of drug-likeness (QED) is 0.444. The molecule has 1 unspecified atom stereocenters. The predicted octanol–water partition coefficient (Wildman–Crippen LogP) is 2.46. The molecule has 10 heteroatoms. The monoisotopic (exact) mass is 545 g/mol. The Morgan fingerprint density at radius 1 is 0.895 bits per heavy atom. The highest BCUT2D eigenvalue weighted by atomic mass is 32.2. The number of rotatable bonds is 10. The highest BCUT2D eigenvalue weighted by molar-refractivity contribution is 7.99. The van der Waals surface area contributed by atoms with E-state index in [1.54, 1.807) is 0 Å². The number of likely N-dealkylation sites (tertiary alicyclic amines) is 1. The van der Waals surface area contributed by atoms with Gasteiger partial charge in [-0.05, 0) is 52.7 Å². The van der Waals surface area contributed by atoms with Crippen LogP contribution >= 0.6 is 11.8 Å². The summed E-state index contributed by atoms with van der Waals surface area (Å²) in [7, 11) is 0. The maximum atomic E-state index is 13.6. The highest BCUT2D eigenvalue weighted by Crippen LogP contribution is 2.31. The Kier molecular flexibility index (Phi) is 10.4. The molecule has 3 saturated heterocycles. The van der Waals surface area contributed by atoms with Crippen LogP contribution in [0.2, 0.25) is 0 Å². The summed E-state index contributed by atoms with van der Waals surface area (Å²) in [5, 5.41) is 0. The van der Waals surface area contributed by atoms with Crippen molar-refractivity contribution in [3.05, 3.63) is 12.1 Å². The van der Waals surface area contributed by atoms with Crippen molar-refractivity contribution in [2.24, 2.45) is 0 Å². The second-order valence-electron chi connectivity index (χ2n) is 10.3. The average Bonchev–Trinajstić information content (AvgIpc) is 3.45. The summed E-state index contributed by atoms with van der Waals surface area (Å²) >= 11 is 1.95. The smallest absolute Gasteiger partial charge is 0.245 e. The van der Waals surface area contributed by atoms with Gasteiger partial charge in [0.25, 0.3) is 0 Å². The van der Waals surface area contributed by atoms with E-state index in [2.05, 4.69) is 59.4 Å². The largest absolute Gasteiger partial charge is 0.369 e. The molecule has 1 aromatic rings. The van der Waals surface area contributed by atoms with Gasteiger partial charge in [-0.15, -0.1) is 0 Å². The van der Waals surface area contributed by atoms with Gasteiger partial charge in [0.05, 0.1) is 12.2 Å². The van der Waals surface area contributed by atoms with Crippen LogP contribution in [0.4, 0.5) is 17.3 Å². The number of anilines is 3. The van der Waals surface area contributed by atoms with Gasteiger partial charge in [-0.3, -0.25) is 14.5 Å². The lowest BCUT2D eigenvalue weighted by Gasteiger charge is -2.39. The van der Waals surface area contributed by atoms with Crippen LogP contribution in [0.15, 0.2) is 12.1 Å². The van der Waals surface area contributed by atoms with Crippen molar-refractivity contribution in [3.8, 4) is 0 Å². The lowest BCUT2D eigenvalue weighted by atomic mass is 10.1. The van der Waals surface area contributed by atoms with Gasteiger partial charge in [0, 0.05) is 83.5 Å². The van der Waals surface area contributed by atoms with Crippen molar-refractivity contribution < 1.29 is 9.59 Å². The molecule has 4 heterocycles. The molecule has 38 heavy (non-hydrogen) atoms. The van der Waals surface area contributed by atoms with E-state index in [1.807, 2.05) is 21.6 Å². The molecule has 0 spiro atoms. The molecular formula is C28H47N7O2S. The van der Waals surface area contributed by atoms with Crippen molar-refractivity contribution in [1.82, 2.24) is 19.7 Å². The lowest BCUT2D eigenvalue weighted by molar-refractivity contribution is -0.144. The molecule has 212 valence electrons. The number of carbonyl (C=O) groups is 2. The number of carbonyl (C=O) groups excluding carboxylic acids is 2. The first-order valence-electron chi connectivity index (χ1n) is 14.6. The summed E-state index contributed by atoms with van der Waals surface area (Å²) in [5.41, 5.74) is 1.16. The van der Waals surface area contributed by atoms with Gasteiger partial charge in [-0.25, -0.2) is 4.98 Å². The molecule has 9 nitrogen and oxygen atoms in total. The molecule has 1 atom stereocenters. The summed E-state index contributed by atoms with van der Waals surface area (Å²) < 4.78 is 0. The van der Waals surface area contributed by atoms with Crippen LogP contribution < -0.4 is 14.7 Å². The van der Waals surface area contributed by atoms with Gasteiger partial charge < -0.3 is 24.5 Å². The highest BCUT2D eigenvalue weighted by Gasteiger charge is 2.38. The minimum absolute atomic E-state index is 0.118. The fraction of sp³-hybridized carbons (Fsp3) is 0.750. The molecule has 0 N–H and O–H groups in total. The Labute approximate surface area is 233 Å². The topological polar surface area (TPSA) is 66.5 Å². The second kappa shape index (κ2) is 13.7. The average molecular weight is 546 g/mol. The number of hydrogen-bond donors (Lipinski definition) is 0. The fourth-order valence-corrected chi connectivity index (χ4v) is 6.89. The molecule has 0 saturated carbocycles. The van der Waals surface area contributed by atoms with Gasteiger partial charge in [0.2, 0.25) is 11.8 Å². The van der Waals surface area contributed by atoms with E-state index in [4.69, 9.17) is 4.98 Å². The van der Waals surface area contributed by atoms with Gasteiger partial charge in [-0.2, -0.15) is 11.8 Å².